The highest BCUT2D eigenvalue weighted by atomic mass is 79.9. The van der Waals surface area contributed by atoms with Crippen LogP contribution in [0.2, 0.25) is 0 Å². The highest BCUT2D eigenvalue weighted by Gasteiger charge is 2.07. The second-order valence-corrected chi connectivity index (χ2v) is 3.63. The van der Waals surface area contributed by atoms with Crippen LogP contribution in [0.4, 0.5) is 4.39 Å². The Balaban J connectivity index is 3.29. The molecule has 0 saturated heterocycles. The molecule has 1 nitrogen and oxygen atoms in total. The molecule has 0 aliphatic rings. The first-order valence-corrected chi connectivity index (χ1v) is 4.48. The Labute approximate surface area is 80.5 Å². The number of benzene rings is 1. The van der Waals surface area contributed by atoms with Gasteiger partial charge >= 0.3 is 0 Å². The fourth-order valence-electron chi connectivity index (χ4n) is 0.714. The number of aliphatic hydroxyl groups excluding tert-OH is 1. The first-order valence-electron chi connectivity index (χ1n) is 2.90. The van der Waals surface area contributed by atoms with Gasteiger partial charge < -0.3 is 5.11 Å². The van der Waals surface area contributed by atoms with E-state index in [1.807, 2.05) is 0 Å². The second kappa shape index (κ2) is 3.65. The Morgan fingerprint density at radius 2 is 2.00 bits per heavy atom. The van der Waals surface area contributed by atoms with E-state index in [1.165, 1.54) is 6.07 Å². The van der Waals surface area contributed by atoms with Gasteiger partial charge in [-0.3, -0.25) is 0 Å². The quantitative estimate of drug-likeness (QED) is 0.786. The normalized spacial score (nSPS) is 10.2. The van der Waals surface area contributed by atoms with E-state index in [-0.39, 0.29) is 12.4 Å². The van der Waals surface area contributed by atoms with Crippen LogP contribution >= 0.6 is 31.9 Å². The van der Waals surface area contributed by atoms with E-state index < -0.39 is 0 Å². The van der Waals surface area contributed by atoms with E-state index in [4.69, 9.17) is 5.11 Å². The van der Waals surface area contributed by atoms with Crippen LogP contribution < -0.4 is 0 Å². The lowest BCUT2D eigenvalue weighted by atomic mass is 10.2. The minimum absolute atomic E-state index is 0.182. The molecule has 0 aliphatic carbocycles. The molecule has 1 N–H and O–H groups in total. The van der Waals surface area contributed by atoms with Crippen LogP contribution in [0.15, 0.2) is 21.1 Å². The average Bonchev–Trinajstić information content (AvgIpc) is 1.99. The molecule has 0 atom stereocenters. The summed E-state index contributed by atoms with van der Waals surface area (Å²) in [5.74, 6) is -0.364. The molecule has 11 heavy (non-hydrogen) atoms. The molecular weight excluding hydrogens is 279 g/mol. The molecule has 0 aliphatic heterocycles. The summed E-state index contributed by atoms with van der Waals surface area (Å²) in [6.45, 7) is -0.182. The number of halogens is 3. The zero-order chi connectivity index (χ0) is 8.43. The van der Waals surface area contributed by atoms with Gasteiger partial charge in [-0.25, -0.2) is 4.39 Å². The fraction of sp³-hybridized carbons (Fsp3) is 0.143. The first-order chi connectivity index (χ1) is 5.16. The third kappa shape index (κ3) is 1.80. The molecule has 4 heteroatoms. The van der Waals surface area contributed by atoms with Crippen LogP contribution in [0.3, 0.4) is 0 Å². The number of aliphatic hydroxyl groups is 1. The molecule has 0 spiro atoms. The smallest absolute Gasteiger partial charge is 0.137 e. The van der Waals surface area contributed by atoms with Crippen molar-refractivity contribution in [3.8, 4) is 0 Å². The molecule has 60 valence electrons. The van der Waals surface area contributed by atoms with Crippen molar-refractivity contribution in [1.82, 2.24) is 0 Å². The highest BCUT2D eigenvalue weighted by Crippen LogP contribution is 2.27. The third-order valence-electron chi connectivity index (χ3n) is 1.30. The van der Waals surface area contributed by atoms with Gasteiger partial charge in [-0.2, -0.15) is 0 Å². The summed E-state index contributed by atoms with van der Waals surface area (Å²) >= 11 is 6.21. The van der Waals surface area contributed by atoms with Crippen molar-refractivity contribution < 1.29 is 9.50 Å². The largest absolute Gasteiger partial charge is 0.392 e. The standard InChI is InChI=1S/C7H5Br2FO/c8-5-1-2-6(10)7(9)4(5)3-11/h1-2,11H,3H2. The SMILES string of the molecule is OCc1c(Br)ccc(F)c1Br. The molecule has 1 aromatic rings. The van der Waals surface area contributed by atoms with Crippen LogP contribution in [0.1, 0.15) is 5.56 Å². The third-order valence-corrected chi connectivity index (χ3v) is 2.90. The van der Waals surface area contributed by atoms with E-state index in [0.29, 0.717) is 14.5 Å². The van der Waals surface area contributed by atoms with Gasteiger partial charge in [0.25, 0.3) is 0 Å². The summed E-state index contributed by atoms with van der Waals surface area (Å²) in [6.07, 6.45) is 0. The fourth-order valence-corrected chi connectivity index (χ4v) is 1.91. The lowest BCUT2D eigenvalue weighted by Gasteiger charge is -2.03. The Morgan fingerprint density at radius 3 is 2.45 bits per heavy atom. The molecule has 0 aromatic heterocycles. The van der Waals surface area contributed by atoms with Crippen molar-refractivity contribution in [3.05, 3.63) is 32.5 Å². The highest BCUT2D eigenvalue weighted by molar-refractivity contribution is 9.11. The van der Waals surface area contributed by atoms with Crippen LogP contribution in [-0.4, -0.2) is 5.11 Å². The summed E-state index contributed by atoms with van der Waals surface area (Å²) in [7, 11) is 0. The molecule has 1 aromatic carbocycles. The van der Waals surface area contributed by atoms with Crippen molar-refractivity contribution >= 4 is 31.9 Å². The molecule has 0 unspecified atom stereocenters. The van der Waals surface area contributed by atoms with Crippen LogP contribution in [-0.2, 0) is 6.61 Å². The number of rotatable bonds is 1. The zero-order valence-corrected chi connectivity index (χ0v) is 8.61. The van der Waals surface area contributed by atoms with Gasteiger partial charge in [-0.1, -0.05) is 15.9 Å². The summed E-state index contributed by atoms with van der Waals surface area (Å²) in [5, 5.41) is 8.80. The summed E-state index contributed by atoms with van der Waals surface area (Å²) in [4.78, 5) is 0. The van der Waals surface area contributed by atoms with Crippen molar-refractivity contribution in [2.45, 2.75) is 6.61 Å². The van der Waals surface area contributed by atoms with Crippen LogP contribution in [0.5, 0.6) is 0 Å². The molecule has 0 bridgehead atoms. The Bertz CT molecular complexity index is 275. The Morgan fingerprint density at radius 1 is 1.36 bits per heavy atom. The molecule has 0 radical (unpaired) electrons. The van der Waals surface area contributed by atoms with Gasteiger partial charge in [0.15, 0.2) is 0 Å². The minimum Gasteiger partial charge on any atom is -0.392 e. The zero-order valence-electron chi connectivity index (χ0n) is 5.44. The lowest BCUT2D eigenvalue weighted by molar-refractivity contribution is 0.279. The molecule has 0 heterocycles. The summed E-state index contributed by atoms with van der Waals surface area (Å²) in [6, 6.07) is 2.89. The predicted molar refractivity (Wildman–Crippen MR) is 47.7 cm³/mol. The topological polar surface area (TPSA) is 20.2 Å². The van der Waals surface area contributed by atoms with Gasteiger partial charge in [0.05, 0.1) is 11.1 Å². The van der Waals surface area contributed by atoms with Gasteiger partial charge in [0, 0.05) is 10.0 Å². The Hall–Kier alpha value is 0.0700. The number of hydrogen-bond donors (Lipinski definition) is 1. The van der Waals surface area contributed by atoms with E-state index >= 15 is 0 Å². The van der Waals surface area contributed by atoms with Crippen molar-refractivity contribution in [2.75, 3.05) is 0 Å². The number of hydrogen-bond acceptors (Lipinski definition) is 1. The van der Waals surface area contributed by atoms with Gasteiger partial charge in [0.2, 0.25) is 0 Å². The van der Waals surface area contributed by atoms with E-state index in [2.05, 4.69) is 31.9 Å². The van der Waals surface area contributed by atoms with Crippen LogP contribution in [0.25, 0.3) is 0 Å². The minimum atomic E-state index is -0.364. The molecular formula is C7H5Br2FO. The Kier molecular flexibility index (Phi) is 3.04. The molecule has 0 saturated carbocycles. The average molecular weight is 284 g/mol. The first kappa shape index (κ1) is 9.16. The monoisotopic (exact) mass is 282 g/mol. The molecule has 0 amide bonds. The van der Waals surface area contributed by atoms with E-state index in [0.717, 1.165) is 0 Å². The van der Waals surface area contributed by atoms with E-state index in [9.17, 15) is 4.39 Å². The maximum atomic E-state index is 12.8. The van der Waals surface area contributed by atoms with Gasteiger partial charge in [-0.15, -0.1) is 0 Å². The van der Waals surface area contributed by atoms with Crippen molar-refractivity contribution in [3.63, 3.8) is 0 Å². The predicted octanol–water partition coefficient (Wildman–Crippen LogP) is 2.84. The van der Waals surface area contributed by atoms with Gasteiger partial charge in [0.1, 0.15) is 5.82 Å². The molecule has 1 rings (SSSR count). The van der Waals surface area contributed by atoms with E-state index in [1.54, 1.807) is 6.07 Å². The second-order valence-electron chi connectivity index (χ2n) is 1.98. The van der Waals surface area contributed by atoms with Crippen molar-refractivity contribution in [2.24, 2.45) is 0 Å². The maximum Gasteiger partial charge on any atom is 0.137 e. The van der Waals surface area contributed by atoms with Gasteiger partial charge in [-0.05, 0) is 28.1 Å². The molecule has 0 fully saturated rings. The lowest BCUT2D eigenvalue weighted by Crippen LogP contribution is -1.90. The maximum absolute atomic E-state index is 12.8. The summed E-state index contributed by atoms with van der Waals surface area (Å²) < 4.78 is 13.8. The summed E-state index contributed by atoms with van der Waals surface area (Å²) in [5.41, 5.74) is 0.532. The van der Waals surface area contributed by atoms with Crippen LogP contribution in [0, 0.1) is 5.82 Å². The van der Waals surface area contributed by atoms with Crippen molar-refractivity contribution in [1.29, 1.82) is 0 Å².